The Balaban J connectivity index is 1.56. The lowest BCUT2D eigenvalue weighted by Gasteiger charge is -2.35. The summed E-state index contributed by atoms with van der Waals surface area (Å²) >= 11 is 0. The van der Waals surface area contributed by atoms with Gasteiger partial charge in [-0.3, -0.25) is 0 Å². The standard InChI is InChI=1S/C21H24F3N3O2S/c1-25-11-13-26(14-12-25)9-4-10-27-17-5-2-3-6-19(17)30(28,29)20-8-7-16(15-18(20)27)21(22,23)24/h2-3,5-8,15H,4,9-14H2,1H3/i1D3. The number of nitrogens with zero attached hydrogens (tertiary/aromatic N) is 3. The molecule has 0 aliphatic carbocycles. The van der Waals surface area contributed by atoms with Crippen LogP contribution in [0.5, 0.6) is 0 Å². The summed E-state index contributed by atoms with van der Waals surface area (Å²) in [6.07, 6.45) is -4.03. The van der Waals surface area contributed by atoms with Gasteiger partial charge in [-0.25, -0.2) is 8.42 Å². The third-order valence-corrected chi connectivity index (χ3v) is 7.39. The lowest BCUT2D eigenvalue weighted by atomic mass is 10.1. The number of fused-ring (bicyclic) bond motifs is 2. The van der Waals surface area contributed by atoms with E-state index in [1.807, 2.05) is 0 Å². The SMILES string of the molecule is [2H]C([2H])([2H])N1CCN(CCCN2c3ccccc3S(=O)(=O)c3ccc(C(F)(F)F)cc32)CC1. The zero-order valence-corrected chi connectivity index (χ0v) is 17.0. The van der Waals surface area contributed by atoms with Crippen molar-refractivity contribution in [2.45, 2.75) is 22.4 Å². The number of para-hydroxylation sites is 1. The van der Waals surface area contributed by atoms with Crippen LogP contribution in [0.25, 0.3) is 0 Å². The maximum absolute atomic E-state index is 13.4. The van der Waals surface area contributed by atoms with Crippen molar-refractivity contribution in [3.8, 4) is 0 Å². The minimum atomic E-state index is -4.59. The van der Waals surface area contributed by atoms with Crippen molar-refractivity contribution in [2.75, 3.05) is 51.1 Å². The van der Waals surface area contributed by atoms with Crippen molar-refractivity contribution in [2.24, 2.45) is 0 Å². The molecular weight excluding hydrogens is 415 g/mol. The number of anilines is 2. The number of alkyl halides is 3. The van der Waals surface area contributed by atoms with Gasteiger partial charge < -0.3 is 14.7 Å². The summed E-state index contributed by atoms with van der Waals surface area (Å²) in [4.78, 5) is 5.13. The van der Waals surface area contributed by atoms with Gasteiger partial charge in [0, 0.05) is 36.8 Å². The van der Waals surface area contributed by atoms with E-state index in [9.17, 15) is 21.6 Å². The Hall–Kier alpha value is -2.10. The van der Waals surface area contributed by atoms with Crippen molar-refractivity contribution >= 4 is 21.2 Å². The van der Waals surface area contributed by atoms with Gasteiger partial charge in [0.15, 0.2) is 0 Å². The molecule has 2 heterocycles. The molecule has 4 rings (SSSR count). The van der Waals surface area contributed by atoms with Crippen LogP contribution in [0.15, 0.2) is 52.3 Å². The predicted molar refractivity (Wildman–Crippen MR) is 109 cm³/mol. The highest BCUT2D eigenvalue weighted by molar-refractivity contribution is 7.92. The summed E-state index contributed by atoms with van der Waals surface area (Å²) in [5.74, 6) is 0. The van der Waals surface area contributed by atoms with E-state index in [0.29, 0.717) is 51.4 Å². The molecule has 0 radical (unpaired) electrons. The predicted octanol–water partition coefficient (Wildman–Crippen LogP) is 3.63. The van der Waals surface area contributed by atoms with E-state index >= 15 is 0 Å². The van der Waals surface area contributed by atoms with Gasteiger partial charge in [0.1, 0.15) is 0 Å². The molecule has 0 atom stereocenters. The molecule has 30 heavy (non-hydrogen) atoms. The van der Waals surface area contributed by atoms with Gasteiger partial charge in [0.05, 0.1) is 26.7 Å². The summed E-state index contributed by atoms with van der Waals surface area (Å²) in [5, 5.41) is 0. The van der Waals surface area contributed by atoms with Crippen LogP contribution in [-0.4, -0.2) is 64.5 Å². The molecule has 0 aromatic heterocycles. The third-order valence-electron chi connectivity index (χ3n) is 5.54. The molecule has 2 aromatic carbocycles. The zero-order valence-electron chi connectivity index (χ0n) is 19.2. The van der Waals surface area contributed by atoms with Crippen molar-refractivity contribution in [3.63, 3.8) is 0 Å². The fourth-order valence-corrected chi connectivity index (χ4v) is 5.59. The number of halogens is 3. The van der Waals surface area contributed by atoms with Crippen molar-refractivity contribution < 1.29 is 25.7 Å². The molecule has 0 amide bonds. The van der Waals surface area contributed by atoms with Crippen molar-refractivity contribution in [1.82, 2.24) is 9.80 Å². The lowest BCUT2D eigenvalue weighted by Crippen LogP contribution is -2.45. The second-order valence-corrected chi connectivity index (χ2v) is 9.37. The highest BCUT2D eigenvalue weighted by Gasteiger charge is 2.37. The van der Waals surface area contributed by atoms with E-state index in [0.717, 1.165) is 18.2 Å². The number of likely N-dealkylation sites (N-methyl/N-ethyl adjacent to an activating group) is 1. The Morgan fingerprint density at radius 2 is 1.67 bits per heavy atom. The summed E-state index contributed by atoms with van der Waals surface area (Å²) in [6.45, 7) is 0.818. The van der Waals surface area contributed by atoms with Gasteiger partial charge >= 0.3 is 6.18 Å². The fourth-order valence-electron chi connectivity index (χ4n) is 3.95. The normalized spacial score (nSPS) is 21.3. The molecular formula is C21H24F3N3O2S. The second-order valence-electron chi connectivity index (χ2n) is 7.49. The minimum absolute atomic E-state index is 0.0238. The van der Waals surface area contributed by atoms with Crippen LogP contribution in [0.4, 0.5) is 24.5 Å². The molecule has 0 spiro atoms. The van der Waals surface area contributed by atoms with Crippen LogP contribution in [0.3, 0.4) is 0 Å². The topological polar surface area (TPSA) is 43.9 Å². The molecule has 1 fully saturated rings. The van der Waals surface area contributed by atoms with Crippen LogP contribution in [0, 0.1) is 0 Å². The Kier molecular flexibility index (Phi) is 4.61. The highest BCUT2D eigenvalue weighted by atomic mass is 32.2. The summed E-state index contributed by atoms with van der Waals surface area (Å²) in [5.41, 5.74) is -0.520. The van der Waals surface area contributed by atoms with E-state index in [2.05, 4.69) is 4.90 Å². The number of benzene rings is 2. The average Bonchev–Trinajstić information content (AvgIpc) is 2.75. The molecule has 162 valence electrons. The summed E-state index contributed by atoms with van der Waals surface area (Å²) in [6, 6.07) is 9.05. The highest BCUT2D eigenvalue weighted by Crippen LogP contribution is 2.46. The van der Waals surface area contributed by atoms with Crippen LogP contribution in [0.2, 0.25) is 0 Å². The molecule has 2 aliphatic rings. The van der Waals surface area contributed by atoms with Crippen LogP contribution >= 0.6 is 0 Å². The quantitative estimate of drug-likeness (QED) is 0.724. The van der Waals surface area contributed by atoms with Crippen LogP contribution < -0.4 is 4.90 Å². The zero-order chi connectivity index (χ0) is 24.0. The summed E-state index contributed by atoms with van der Waals surface area (Å²) < 4.78 is 88.7. The van der Waals surface area contributed by atoms with E-state index < -0.39 is 28.6 Å². The maximum Gasteiger partial charge on any atom is 0.416 e. The number of hydrogen-bond acceptors (Lipinski definition) is 5. The number of sulfone groups is 1. The van der Waals surface area contributed by atoms with Crippen molar-refractivity contribution in [3.05, 3.63) is 48.0 Å². The Morgan fingerprint density at radius 1 is 0.967 bits per heavy atom. The molecule has 0 unspecified atom stereocenters. The van der Waals surface area contributed by atoms with Gasteiger partial charge in [-0.05, 0) is 50.3 Å². The Bertz CT molecular complexity index is 1130. The Morgan fingerprint density at radius 3 is 2.37 bits per heavy atom. The summed E-state index contributed by atoms with van der Waals surface area (Å²) in [7, 11) is -3.94. The molecule has 0 N–H and O–H groups in total. The van der Waals surface area contributed by atoms with Gasteiger partial charge in [0.25, 0.3) is 0 Å². The van der Waals surface area contributed by atoms with E-state index in [-0.39, 0.29) is 15.5 Å². The van der Waals surface area contributed by atoms with Gasteiger partial charge in [-0.2, -0.15) is 13.2 Å². The first-order valence-electron chi connectivity index (χ1n) is 11.2. The van der Waals surface area contributed by atoms with E-state index in [4.69, 9.17) is 4.11 Å². The van der Waals surface area contributed by atoms with Gasteiger partial charge in [-0.1, -0.05) is 12.1 Å². The van der Waals surface area contributed by atoms with Gasteiger partial charge in [0.2, 0.25) is 9.84 Å². The first-order chi connectivity index (χ1) is 15.4. The molecule has 9 heteroatoms. The molecule has 5 nitrogen and oxygen atoms in total. The number of rotatable bonds is 4. The monoisotopic (exact) mass is 442 g/mol. The molecule has 1 saturated heterocycles. The first kappa shape index (κ1) is 17.6. The number of hydrogen-bond donors (Lipinski definition) is 0. The minimum Gasteiger partial charge on any atom is -0.339 e. The van der Waals surface area contributed by atoms with Crippen LogP contribution in [-0.2, 0) is 16.0 Å². The molecule has 0 bridgehead atoms. The first-order valence-corrected chi connectivity index (χ1v) is 11.2. The Labute approximate surface area is 178 Å². The van der Waals surface area contributed by atoms with Crippen LogP contribution in [0.1, 0.15) is 16.1 Å². The number of piperazine rings is 1. The lowest BCUT2D eigenvalue weighted by molar-refractivity contribution is -0.137. The average molecular weight is 443 g/mol. The molecule has 2 aromatic rings. The maximum atomic E-state index is 13.4. The molecule has 2 aliphatic heterocycles. The van der Waals surface area contributed by atoms with E-state index in [1.54, 1.807) is 23.1 Å². The van der Waals surface area contributed by atoms with Crippen molar-refractivity contribution in [1.29, 1.82) is 0 Å². The van der Waals surface area contributed by atoms with Gasteiger partial charge in [-0.15, -0.1) is 0 Å². The second kappa shape index (κ2) is 7.86. The largest absolute Gasteiger partial charge is 0.416 e. The smallest absolute Gasteiger partial charge is 0.339 e. The van der Waals surface area contributed by atoms with E-state index in [1.165, 1.54) is 11.0 Å². The molecule has 0 saturated carbocycles. The fraction of sp³-hybridized carbons (Fsp3) is 0.429. The third kappa shape index (κ3) is 3.93.